The fourth-order valence-electron chi connectivity index (χ4n) is 2.13. The molecule has 2 N–H and O–H groups in total. The van der Waals surface area contributed by atoms with Gasteiger partial charge >= 0.3 is 12.0 Å². The lowest BCUT2D eigenvalue weighted by atomic mass is 9.87. The smallest absolute Gasteiger partial charge is 0.321 e. The third-order valence-electron chi connectivity index (χ3n) is 3.73. The summed E-state index contributed by atoms with van der Waals surface area (Å²) in [4.78, 5) is 24.5. The summed E-state index contributed by atoms with van der Waals surface area (Å²) in [5, 5.41) is 11.8. The highest BCUT2D eigenvalue weighted by Crippen LogP contribution is 2.28. The number of aliphatic carboxylic acids is 1. The number of likely N-dealkylation sites (tertiary alicyclic amines) is 1. The van der Waals surface area contributed by atoms with E-state index in [0.29, 0.717) is 13.1 Å². The molecule has 0 saturated carbocycles. The molecule has 0 bridgehead atoms. The molecule has 0 spiro atoms. The number of carbonyl (C=O) groups excluding carboxylic acids is 1. The Morgan fingerprint density at radius 1 is 1.45 bits per heavy atom. The predicted octanol–water partition coefficient (Wildman–Crippen LogP) is 2.94. The van der Waals surface area contributed by atoms with Crippen LogP contribution < -0.4 is 5.32 Å². The molecule has 1 saturated heterocycles. The Hall–Kier alpha value is -1.56. The van der Waals surface area contributed by atoms with E-state index in [1.54, 1.807) is 11.8 Å². The number of rotatable bonds is 3. The van der Waals surface area contributed by atoms with Crippen molar-refractivity contribution >= 4 is 33.6 Å². The minimum absolute atomic E-state index is 0.0409. The van der Waals surface area contributed by atoms with Gasteiger partial charge < -0.3 is 15.3 Å². The first kappa shape index (κ1) is 14.8. The van der Waals surface area contributed by atoms with E-state index < -0.39 is 11.9 Å². The molecule has 2 amide bonds. The Morgan fingerprint density at radius 3 is 2.70 bits per heavy atom. The molecular weight excluding hydrogens is 324 g/mol. The Kier molecular flexibility index (Phi) is 4.32. The zero-order chi connectivity index (χ0) is 14.9. The molecule has 1 atom stereocenters. The first-order valence-corrected chi connectivity index (χ1v) is 7.23. The average molecular weight is 341 g/mol. The number of carbonyl (C=O) groups is 2. The van der Waals surface area contributed by atoms with Crippen molar-refractivity contribution in [2.24, 2.45) is 11.8 Å². The topological polar surface area (TPSA) is 69.6 Å². The zero-order valence-corrected chi connectivity index (χ0v) is 13.0. The van der Waals surface area contributed by atoms with Crippen LogP contribution in [0.2, 0.25) is 0 Å². The molecule has 1 aromatic carbocycles. The van der Waals surface area contributed by atoms with Gasteiger partial charge in [-0.2, -0.15) is 0 Å². The van der Waals surface area contributed by atoms with E-state index in [4.69, 9.17) is 5.11 Å². The molecule has 0 aromatic heterocycles. The molecule has 5 nitrogen and oxygen atoms in total. The summed E-state index contributed by atoms with van der Waals surface area (Å²) in [6.45, 7) is 4.61. The van der Waals surface area contributed by atoms with Crippen LogP contribution >= 0.6 is 15.9 Å². The van der Waals surface area contributed by atoms with E-state index in [1.165, 1.54) is 0 Å². The van der Waals surface area contributed by atoms with Crippen LogP contribution in [0.5, 0.6) is 0 Å². The maximum absolute atomic E-state index is 12.0. The van der Waals surface area contributed by atoms with Gasteiger partial charge in [-0.15, -0.1) is 0 Å². The molecule has 1 aromatic rings. The Morgan fingerprint density at radius 2 is 2.10 bits per heavy atom. The minimum atomic E-state index is -0.809. The normalized spacial score (nSPS) is 16.4. The second kappa shape index (κ2) is 5.83. The highest BCUT2D eigenvalue weighted by Gasteiger charge is 2.37. The summed E-state index contributed by atoms with van der Waals surface area (Å²) in [5.41, 5.74) is 1.77. The predicted molar refractivity (Wildman–Crippen MR) is 79.8 cm³/mol. The van der Waals surface area contributed by atoms with Gasteiger partial charge in [0.25, 0.3) is 0 Å². The van der Waals surface area contributed by atoms with E-state index in [9.17, 15) is 9.59 Å². The standard InChI is InChI=1S/C14H17BrN2O3/c1-8-4-3-5-11(12(8)15)16-14(20)17-6-10(7-17)9(2)13(18)19/h3-5,9-10H,6-7H2,1-2H3,(H,16,20)(H,18,19). The summed E-state index contributed by atoms with van der Waals surface area (Å²) >= 11 is 3.44. The van der Waals surface area contributed by atoms with Crippen LogP contribution in [-0.4, -0.2) is 35.1 Å². The van der Waals surface area contributed by atoms with Gasteiger partial charge in [-0.05, 0) is 34.5 Å². The number of amides is 2. The van der Waals surface area contributed by atoms with Crippen molar-refractivity contribution in [2.45, 2.75) is 13.8 Å². The van der Waals surface area contributed by atoms with E-state index >= 15 is 0 Å². The van der Waals surface area contributed by atoms with E-state index in [-0.39, 0.29) is 11.9 Å². The number of anilines is 1. The monoisotopic (exact) mass is 340 g/mol. The highest BCUT2D eigenvalue weighted by atomic mass is 79.9. The van der Waals surface area contributed by atoms with Crippen LogP contribution in [0.1, 0.15) is 12.5 Å². The van der Waals surface area contributed by atoms with Crippen molar-refractivity contribution in [2.75, 3.05) is 18.4 Å². The van der Waals surface area contributed by atoms with Crippen molar-refractivity contribution < 1.29 is 14.7 Å². The Balaban J connectivity index is 1.92. The van der Waals surface area contributed by atoms with Gasteiger partial charge in [-0.25, -0.2) is 4.79 Å². The SMILES string of the molecule is Cc1cccc(NC(=O)N2CC(C(C)C(=O)O)C2)c1Br. The number of carboxylic acid groups (broad SMARTS) is 1. The number of hydrogen-bond donors (Lipinski definition) is 2. The molecule has 1 heterocycles. The molecule has 20 heavy (non-hydrogen) atoms. The van der Waals surface area contributed by atoms with Crippen LogP contribution in [0.15, 0.2) is 22.7 Å². The van der Waals surface area contributed by atoms with Crippen molar-refractivity contribution in [1.82, 2.24) is 4.90 Å². The summed E-state index contributed by atoms with van der Waals surface area (Å²) in [7, 11) is 0. The maximum atomic E-state index is 12.0. The average Bonchev–Trinajstić information content (AvgIpc) is 2.33. The van der Waals surface area contributed by atoms with E-state index in [0.717, 1.165) is 15.7 Å². The second-order valence-corrected chi connectivity index (χ2v) is 5.95. The number of nitrogens with one attached hydrogen (secondary N) is 1. The van der Waals surface area contributed by atoms with Crippen molar-refractivity contribution in [3.63, 3.8) is 0 Å². The highest BCUT2D eigenvalue weighted by molar-refractivity contribution is 9.10. The molecule has 6 heteroatoms. The van der Waals surface area contributed by atoms with Gasteiger partial charge in [0.05, 0.1) is 11.6 Å². The van der Waals surface area contributed by atoms with Crippen molar-refractivity contribution in [3.8, 4) is 0 Å². The fourth-order valence-corrected chi connectivity index (χ4v) is 2.50. The first-order chi connectivity index (χ1) is 9.40. The fraction of sp³-hybridized carbons (Fsp3) is 0.429. The van der Waals surface area contributed by atoms with Gasteiger partial charge in [0.15, 0.2) is 0 Å². The molecule has 0 aliphatic carbocycles. The van der Waals surface area contributed by atoms with Gasteiger partial charge in [-0.1, -0.05) is 19.1 Å². The first-order valence-electron chi connectivity index (χ1n) is 6.44. The molecule has 1 fully saturated rings. The molecule has 0 radical (unpaired) electrons. The quantitative estimate of drug-likeness (QED) is 0.888. The number of halogens is 1. The number of hydrogen-bond acceptors (Lipinski definition) is 2. The summed E-state index contributed by atoms with van der Waals surface area (Å²) in [5.74, 6) is -1.18. The summed E-state index contributed by atoms with van der Waals surface area (Å²) in [6.07, 6.45) is 0. The number of nitrogens with zero attached hydrogens (tertiary/aromatic N) is 1. The molecule has 108 valence electrons. The van der Waals surface area contributed by atoms with Crippen molar-refractivity contribution in [1.29, 1.82) is 0 Å². The van der Waals surface area contributed by atoms with Crippen LogP contribution in [0.25, 0.3) is 0 Å². The molecule has 2 rings (SSSR count). The number of benzene rings is 1. The molecular formula is C14H17BrN2O3. The van der Waals surface area contributed by atoms with Gasteiger partial charge in [0.2, 0.25) is 0 Å². The number of aryl methyl sites for hydroxylation is 1. The third kappa shape index (κ3) is 2.95. The van der Waals surface area contributed by atoms with Crippen LogP contribution in [0, 0.1) is 18.8 Å². The lowest BCUT2D eigenvalue weighted by Crippen LogP contribution is -2.54. The van der Waals surface area contributed by atoms with Crippen LogP contribution in [0.3, 0.4) is 0 Å². The zero-order valence-electron chi connectivity index (χ0n) is 11.4. The van der Waals surface area contributed by atoms with Gasteiger partial charge in [-0.3, -0.25) is 4.79 Å². The Bertz CT molecular complexity index is 541. The van der Waals surface area contributed by atoms with Gasteiger partial charge in [0.1, 0.15) is 0 Å². The Labute approximate surface area is 126 Å². The lowest BCUT2D eigenvalue weighted by molar-refractivity contribution is -0.144. The number of urea groups is 1. The maximum Gasteiger partial charge on any atom is 0.321 e. The van der Waals surface area contributed by atoms with E-state index in [2.05, 4.69) is 21.2 Å². The van der Waals surface area contributed by atoms with Crippen molar-refractivity contribution in [3.05, 3.63) is 28.2 Å². The molecule has 1 unspecified atom stereocenters. The van der Waals surface area contributed by atoms with E-state index in [1.807, 2.05) is 25.1 Å². The molecule has 1 aliphatic heterocycles. The largest absolute Gasteiger partial charge is 0.481 e. The second-order valence-electron chi connectivity index (χ2n) is 5.16. The lowest BCUT2D eigenvalue weighted by Gasteiger charge is -2.41. The van der Waals surface area contributed by atoms with Gasteiger partial charge in [0, 0.05) is 23.5 Å². The summed E-state index contributed by atoms with van der Waals surface area (Å²) in [6, 6.07) is 5.46. The number of carboxylic acids is 1. The summed E-state index contributed by atoms with van der Waals surface area (Å²) < 4.78 is 0.865. The third-order valence-corrected chi connectivity index (χ3v) is 4.78. The minimum Gasteiger partial charge on any atom is -0.481 e. The van der Waals surface area contributed by atoms with Crippen LogP contribution in [0.4, 0.5) is 10.5 Å². The van der Waals surface area contributed by atoms with Crippen LogP contribution in [-0.2, 0) is 4.79 Å². The molecule has 1 aliphatic rings.